The first kappa shape index (κ1) is 14.3. The van der Waals surface area contributed by atoms with Crippen LogP contribution in [0.5, 0.6) is 0 Å². The number of benzene rings is 1. The molecule has 1 rings (SSSR count). The summed E-state index contributed by atoms with van der Waals surface area (Å²) < 4.78 is 0. The van der Waals surface area contributed by atoms with Gasteiger partial charge in [0.25, 0.3) is 0 Å². The fourth-order valence-electron chi connectivity index (χ4n) is 2.77. The summed E-state index contributed by atoms with van der Waals surface area (Å²) in [6.45, 7) is 6.92. The van der Waals surface area contributed by atoms with E-state index in [4.69, 9.17) is 0 Å². The maximum absolute atomic E-state index is 3.45. The molecule has 95 valence electrons. The summed E-state index contributed by atoms with van der Waals surface area (Å²) in [5, 5.41) is 0. The SMILES string of the molecule is CCCCC(c1[c]cccc1)C(CC)CCC. The summed E-state index contributed by atoms with van der Waals surface area (Å²) in [5.74, 6) is 1.56. The average Bonchev–Trinajstić information content (AvgIpc) is 2.39. The normalized spacial score (nSPS) is 14.5. The van der Waals surface area contributed by atoms with Crippen LogP contribution in [0.1, 0.15) is 70.8 Å². The largest absolute Gasteiger partial charge is 0.0654 e. The lowest BCUT2D eigenvalue weighted by Crippen LogP contribution is -2.12. The number of hydrogen-bond donors (Lipinski definition) is 0. The molecule has 0 saturated carbocycles. The first-order chi connectivity index (χ1) is 8.33. The molecule has 0 aliphatic heterocycles. The van der Waals surface area contributed by atoms with Crippen molar-refractivity contribution < 1.29 is 0 Å². The van der Waals surface area contributed by atoms with Crippen molar-refractivity contribution in [3.63, 3.8) is 0 Å². The van der Waals surface area contributed by atoms with Crippen molar-refractivity contribution in [2.24, 2.45) is 5.92 Å². The van der Waals surface area contributed by atoms with Gasteiger partial charge >= 0.3 is 0 Å². The molecule has 0 N–H and O–H groups in total. The monoisotopic (exact) mass is 231 g/mol. The third kappa shape index (κ3) is 4.53. The molecule has 17 heavy (non-hydrogen) atoms. The first-order valence-corrected chi connectivity index (χ1v) is 7.30. The second-order valence-electron chi connectivity index (χ2n) is 5.02. The van der Waals surface area contributed by atoms with E-state index in [2.05, 4.69) is 51.1 Å². The van der Waals surface area contributed by atoms with E-state index in [1.807, 2.05) is 0 Å². The zero-order valence-electron chi connectivity index (χ0n) is 11.7. The number of hydrogen-bond acceptors (Lipinski definition) is 0. The lowest BCUT2D eigenvalue weighted by Gasteiger charge is -2.26. The van der Waals surface area contributed by atoms with E-state index < -0.39 is 0 Å². The molecule has 1 aromatic carbocycles. The van der Waals surface area contributed by atoms with Crippen LogP contribution in [-0.4, -0.2) is 0 Å². The Labute approximate surface area is 107 Å². The Morgan fingerprint density at radius 1 is 1.06 bits per heavy atom. The third-order valence-electron chi connectivity index (χ3n) is 3.75. The lowest BCUT2D eigenvalue weighted by atomic mass is 9.79. The Hall–Kier alpha value is -0.780. The minimum Gasteiger partial charge on any atom is -0.0654 e. The molecule has 0 saturated heterocycles. The second kappa shape index (κ2) is 8.33. The average molecular weight is 231 g/mol. The van der Waals surface area contributed by atoms with Gasteiger partial charge in [0, 0.05) is 0 Å². The standard InChI is InChI=1S/C17H27/c1-4-7-14-17(15(6-3)11-5-2)16-12-9-8-10-13-16/h8-10,12,15,17H,4-7,11,14H2,1-3H3. The third-order valence-corrected chi connectivity index (χ3v) is 3.75. The molecule has 0 spiro atoms. The molecular formula is C17H27. The van der Waals surface area contributed by atoms with Crippen molar-refractivity contribution in [2.45, 2.75) is 65.2 Å². The minimum atomic E-state index is 0.723. The van der Waals surface area contributed by atoms with Crippen molar-refractivity contribution in [2.75, 3.05) is 0 Å². The molecule has 0 heteroatoms. The minimum absolute atomic E-state index is 0.723. The smallest absolute Gasteiger partial charge is 0.0128 e. The van der Waals surface area contributed by atoms with E-state index >= 15 is 0 Å². The van der Waals surface area contributed by atoms with Crippen LogP contribution in [0.25, 0.3) is 0 Å². The van der Waals surface area contributed by atoms with Gasteiger partial charge in [0.15, 0.2) is 0 Å². The highest BCUT2D eigenvalue weighted by Crippen LogP contribution is 2.34. The predicted molar refractivity (Wildman–Crippen MR) is 76.2 cm³/mol. The molecule has 1 radical (unpaired) electrons. The fraction of sp³-hybridized carbons (Fsp3) is 0.647. The summed E-state index contributed by atoms with van der Waals surface area (Å²) in [7, 11) is 0. The summed E-state index contributed by atoms with van der Waals surface area (Å²) >= 11 is 0. The highest BCUT2D eigenvalue weighted by molar-refractivity contribution is 5.18. The maximum atomic E-state index is 3.45. The van der Waals surface area contributed by atoms with E-state index in [0.29, 0.717) is 0 Å². The van der Waals surface area contributed by atoms with Crippen LogP contribution in [0.4, 0.5) is 0 Å². The summed E-state index contributed by atoms with van der Waals surface area (Å²) in [6.07, 6.45) is 7.92. The van der Waals surface area contributed by atoms with E-state index in [-0.39, 0.29) is 0 Å². The summed E-state index contributed by atoms with van der Waals surface area (Å²) in [5.41, 5.74) is 1.43. The Kier molecular flexibility index (Phi) is 7.00. The molecule has 0 amide bonds. The van der Waals surface area contributed by atoms with E-state index in [9.17, 15) is 0 Å². The molecule has 0 aliphatic rings. The van der Waals surface area contributed by atoms with E-state index in [1.54, 1.807) is 0 Å². The Morgan fingerprint density at radius 2 is 1.88 bits per heavy atom. The molecule has 0 bridgehead atoms. The zero-order chi connectivity index (χ0) is 12.5. The number of unbranched alkanes of at least 4 members (excludes halogenated alkanes) is 1. The molecule has 0 aliphatic carbocycles. The summed E-state index contributed by atoms with van der Waals surface area (Å²) in [6, 6.07) is 12.0. The Bertz CT molecular complexity index is 275. The quantitative estimate of drug-likeness (QED) is 0.547. The molecule has 0 nitrogen and oxygen atoms in total. The van der Waals surface area contributed by atoms with Crippen LogP contribution in [0.2, 0.25) is 0 Å². The topological polar surface area (TPSA) is 0 Å². The van der Waals surface area contributed by atoms with Crippen molar-refractivity contribution in [1.82, 2.24) is 0 Å². The molecule has 0 heterocycles. The van der Waals surface area contributed by atoms with Gasteiger partial charge in [-0.15, -0.1) is 0 Å². The molecule has 0 fully saturated rings. The van der Waals surface area contributed by atoms with Gasteiger partial charge in [0.2, 0.25) is 0 Å². The number of rotatable bonds is 8. The summed E-state index contributed by atoms with van der Waals surface area (Å²) in [4.78, 5) is 0. The van der Waals surface area contributed by atoms with Crippen molar-refractivity contribution >= 4 is 0 Å². The van der Waals surface area contributed by atoms with Gasteiger partial charge in [-0.2, -0.15) is 0 Å². The molecule has 0 aromatic heterocycles. The predicted octanol–water partition coefficient (Wildman–Crippen LogP) is 5.59. The van der Waals surface area contributed by atoms with Gasteiger partial charge in [-0.25, -0.2) is 0 Å². The van der Waals surface area contributed by atoms with Crippen molar-refractivity contribution in [3.8, 4) is 0 Å². The van der Waals surface area contributed by atoms with Crippen LogP contribution >= 0.6 is 0 Å². The van der Waals surface area contributed by atoms with Gasteiger partial charge in [-0.3, -0.25) is 0 Å². The molecule has 2 atom stereocenters. The molecule has 2 unspecified atom stereocenters. The van der Waals surface area contributed by atoms with Crippen LogP contribution in [-0.2, 0) is 0 Å². The first-order valence-electron chi connectivity index (χ1n) is 7.30. The lowest BCUT2D eigenvalue weighted by molar-refractivity contribution is 0.355. The highest BCUT2D eigenvalue weighted by Gasteiger charge is 2.20. The Morgan fingerprint density at radius 3 is 2.41 bits per heavy atom. The van der Waals surface area contributed by atoms with Gasteiger partial charge in [-0.05, 0) is 29.9 Å². The van der Waals surface area contributed by atoms with E-state index in [1.165, 1.54) is 44.1 Å². The van der Waals surface area contributed by atoms with Crippen LogP contribution in [0, 0.1) is 12.0 Å². The van der Waals surface area contributed by atoms with Gasteiger partial charge in [-0.1, -0.05) is 77.1 Å². The molecule has 1 aromatic rings. The van der Waals surface area contributed by atoms with Gasteiger partial charge in [0.05, 0.1) is 0 Å². The zero-order valence-corrected chi connectivity index (χ0v) is 11.7. The van der Waals surface area contributed by atoms with Crippen molar-refractivity contribution in [3.05, 3.63) is 35.9 Å². The van der Waals surface area contributed by atoms with Crippen molar-refractivity contribution in [1.29, 1.82) is 0 Å². The van der Waals surface area contributed by atoms with Gasteiger partial charge in [0.1, 0.15) is 0 Å². The Balaban J connectivity index is 2.78. The molecular weight excluding hydrogens is 204 g/mol. The van der Waals surface area contributed by atoms with Crippen LogP contribution < -0.4 is 0 Å². The van der Waals surface area contributed by atoms with Crippen LogP contribution in [0.3, 0.4) is 0 Å². The fourth-order valence-corrected chi connectivity index (χ4v) is 2.77. The van der Waals surface area contributed by atoms with E-state index in [0.717, 1.165) is 11.8 Å². The van der Waals surface area contributed by atoms with Gasteiger partial charge < -0.3 is 0 Å². The maximum Gasteiger partial charge on any atom is -0.0128 e. The highest BCUT2D eigenvalue weighted by atomic mass is 14.2. The second-order valence-corrected chi connectivity index (χ2v) is 5.02. The van der Waals surface area contributed by atoms with Crippen LogP contribution in [0.15, 0.2) is 24.3 Å².